The first-order chi connectivity index (χ1) is 9.82. The third-order valence-electron chi connectivity index (χ3n) is 3.29. The van der Waals surface area contributed by atoms with Crippen LogP contribution in [0, 0.1) is 0 Å². The van der Waals surface area contributed by atoms with Crippen LogP contribution in [0.5, 0.6) is 0 Å². The van der Waals surface area contributed by atoms with Gasteiger partial charge in [-0.2, -0.15) is 18.3 Å². The molecule has 3 rings (SSSR count). The van der Waals surface area contributed by atoms with Gasteiger partial charge in [-0.1, -0.05) is 15.9 Å². The third-order valence-corrected chi connectivity index (χ3v) is 4.94. The number of rotatable bonds is 2. The Kier molecular flexibility index (Phi) is 3.40. The number of hydrogen-bond donors (Lipinski definition) is 0. The number of aryl methyl sites for hydroxylation is 1. The fraction of sp³-hybridized carbons (Fsp3) is 0.308. The minimum atomic E-state index is -4.43. The zero-order chi connectivity index (χ0) is 15.4. The van der Waals surface area contributed by atoms with Crippen LogP contribution in [0.1, 0.15) is 6.92 Å². The first-order valence-corrected chi connectivity index (χ1v) is 7.83. The van der Waals surface area contributed by atoms with E-state index in [2.05, 4.69) is 21.0 Å². The minimum absolute atomic E-state index is 0.0947. The number of anilines is 1. The average molecular weight is 378 g/mol. The molecule has 112 valence electrons. The number of nitrogens with zero attached hydrogens (tertiary/aromatic N) is 3. The molecule has 0 atom stereocenters. The van der Waals surface area contributed by atoms with Gasteiger partial charge in [-0.05, 0) is 25.1 Å². The van der Waals surface area contributed by atoms with Gasteiger partial charge in [-0.25, -0.2) is 4.68 Å². The lowest BCUT2D eigenvalue weighted by atomic mass is 10.2. The van der Waals surface area contributed by atoms with Crippen molar-refractivity contribution in [3.8, 4) is 0 Å². The van der Waals surface area contributed by atoms with Gasteiger partial charge in [0, 0.05) is 28.2 Å². The van der Waals surface area contributed by atoms with E-state index in [1.807, 2.05) is 18.2 Å². The summed E-state index contributed by atoms with van der Waals surface area (Å²) in [6.07, 6.45) is -4.43. The fourth-order valence-corrected chi connectivity index (χ4v) is 3.82. The van der Waals surface area contributed by atoms with Crippen LogP contribution in [0.25, 0.3) is 20.3 Å². The normalized spacial score (nSPS) is 12.5. The number of hydrogen-bond acceptors (Lipinski definition) is 3. The van der Waals surface area contributed by atoms with E-state index in [9.17, 15) is 13.2 Å². The highest BCUT2D eigenvalue weighted by molar-refractivity contribution is 9.10. The number of benzene rings is 1. The topological polar surface area (TPSA) is 21.1 Å². The number of halogens is 4. The molecule has 0 aliphatic heterocycles. The number of thiophene rings is 1. The molecule has 0 saturated heterocycles. The second-order valence-electron chi connectivity index (χ2n) is 4.59. The van der Waals surface area contributed by atoms with E-state index in [0.717, 1.165) is 21.6 Å². The maximum atomic E-state index is 13.1. The van der Waals surface area contributed by atoms with E-state index in [-0.39, 0.29) is 5.82 Å². The highest BCUT2D eigenvalue weighted by Crippen LogP contribution is 2.42. The molecule has 3 aromatic rings. The molecular weight excluding hydrogens is 367 g/mol. The highest BCUT2D eigenvalue weighted by atomic mass is 79.9. The van der Waals surface area contributed by atoms with Crippen molar-refractivity contribution >= 4 is 53.4 Å². The summed E-state index contributed by atoms with van der Waals surface area (Å²) in [6, 6.07) is 5.65. The molecule has 0 N–H and O–H groups in total. The van der Waals surface area contributed by atoms with Crippen molar-refractivity contribution in [2.45, 2.75) is 19.8 Å². The predicted octanol–water partition coefficient (Wildman–Crippen LogP) is 4.99. The molecule has 21 heavy (non-hydrogen) atoms. The first-order valence-electron chi connectivity index (χ1n) is 6.22. The van der Waals surface area contributed by atoms with Crippen molar-refractivity contribution in [3.05, 3.63) is 22.7 Å². The second kappa shape index (κ2) is 4.88. The van der Waals surface area contributed by atoms with E-state index >= 15 is 0 Å². The minimum Gasteiger partial charge on any atom is -0.270 e. The summed E-state index contributed by atoms with van der Waals surface area (Å²) in [5.74, 6) is 0.0947. The summed E-state index contributed by atoms with van der Waals surface area (Å²) in [7, 11) is 1.03. The molecule has 2 heterocycles. The van der Waals surface area contributed by atoms with E-state index in [1.54, 1.807) is 6.92 Å². The zero-order valence-corrected chi connectivity index (χ0v) is 13.6. The Morgan fingerprint density at radius 1 is 1.38 bits per heavy atom. The first kappa shape index (κ1) is 14.6. The van der Waals surface area contributed by atoms with Crippen molar-refractivity contribution in [1.29, 1.82) is 0 Å². The van der Waals surface area contributed by atoms with Gasteiger partial charge in [0.2, 0.25) is 0 Å². The lowest BCUT2D eigenvalue weighted by Crippen LogP contribution is -2.35. The molecule has 2 aromatic heterocycles. The Morgan fingerprint density at radius 3 is 2.71 bits per heavy atom. The molecule has 0 fully saturated rings. The summed E-state index contributed by atoms with van der Waals surface area (Å²) in [6.45, 7) is 2.16. The van der Waals surface area contributed by atoms with Crippen LogP contribution < -0.4 is 4.90 Å². The summed E-state index contributed by atoms with van der Waals surface area (Å²) in [5.41, 5.74) is 0.615. The molecular formula is C13H11BrF3N3S. The van der Waals surface area contributed by atoms with Crippen LogP contribution in [-0.2, 0) is 6.54 Å². The Labute approximate surface area is 131 Å². The molecule has 0 aliphatic rings. The largest absolute Gasteiger partial charge is 0.485 e. The van der Waals surface area contributed by atoms with Crippen molar-refractivity contribution in [3.63, 3.8) is 0 Å². The number of fused-ring (bicyclic) bond motifs is 3. The van der Waals surface area contributed by atoms with Gasteiger partial charge < -0.3 is 0 Å². The van der Waals surface area contributed by atoms with Gasteiger partial charge in [0.15, 0.2) is 5.82 Å². The van der Waals surface area contributed by atoms with Gasteiger partial charge in [0.1, 0.15) is 5.52 Å². The molecule has 1 aromatic carbocycles. The zero-order valence-electron chi connectivity index (χ0n) is 11.2. The second-order valence-corrected chi connectivity index (χ2v) is 6.55. The van der Waals surface area contributed by atoms with Crippen LogP contribution >= 0.6 is 27.3 Å². The van der Waals surface area contributed by atoms with Gasteiger partial charge in [0.05, 0.1) is 4.70 Å². The molecule has 0 saturated carbocycles. The molecule has 0 spiro atoms. The summed E-state index contributed by atoms with van der Waals surface area (Å²) >= 11 is 4.72. The van der Waals surface area contributed by atoms with Crippen LogP contribution in [-0.4, -0.2) is 23.1 Å². The maximum Gasteiger partial charge on any atom is 0.485 e. The third kappa shape index (κ3) is 2.30. The maximum absolute atomic E-state index is 13.1. The highest BCUT2D eigenvalue weighted by Gasteiger charge is 2.38. The van der Waals surface area contributed by atoms with Gasteiger partial charge >= 0.3 is 6.30 Å². The van der Waals surface area contributed by atoms with Crippen molar-refractivity contribution < 1.29 is 13.2 Å². The molecule has 0 unspecified atom stereocenters. The van der Waals surface area contributed by atoms with Gasteiger partial charge in [0.25, 0.3) is 0 Å². The molecule has 0 aliphatic carbocycles. The van der Waals surface area contributed by atoms with E-state index in [4.69, 9.17) is 0 Å². The van der Waals surface area contributed by atoms with Gasteiger partial charge in [-0.3, -0.25) is 4.90 Å². The predicted molar refractivity (Wildman–Crippen MR) is 82.9 cm³/mol. The number of aromatic nitrogens is 2. The average Bonchev–Trinajstić information content (AvgIpc) is 2.92. The summed E-state index contributed by atoms with van der Waals surface area (Å²) in [4.78, 5) is 0.330. The van der Waals surface area contributed by atoms with Crippen molar-refractivity contribution in [1.82, 2.24) is 9.78 Å². The molecule has 8 heteroatoms. The van der Waals surface area contributed by atoms with Gasteiger partial charge in [-0.15, -0.1) is 11.3 Å². The van der Waals surface area contributed by atoms with Crippen LogP contribution in [0.4, 0.5) is 19.0 Å². The smallest absolute Gasteiger partial charge is 0.270 e. The van der Waals surface area contributed by atoms with Crippen LogP contribution in [0.15, 0.2) is 22.7 Å². The molecule has 0 amide bonds. The van der Waals surface area contributed by atoms with E-state index in [1.165, 1.54) is 16.0 Å². The van der Waals surface area contributed by atoms with Crippen LogP contribution in [0.3, 0.4) is 0 Å². The monoisotopic (exact) mass is 377 g/mol. The standard InChI is InChI=1S/C13H11BrF3N3S/c1-3-20-12(19(2)13(15,16)17)11-10(18-20)8-6-7(14)4-5-9(8)21-11/h4-6H,3H2,1-2H3. The Hall–Kier alpha value is -1.28. The Balaban J connectivity index is 2.34. The SMILES string of the molecule is CCn1nc2c(sc3ccc(Br)cc32)c1N(C)C(F)(F)F. The Morgan fingerprint density at radius 2 is 2.10 bits per heavy atom. The molecule has 0 radical (unpaired) electrons. The molecule has 3 nitrogen and oxygen atoms in total. The van der Waals surface area contributed by atoms with E-state index in [0.29, 0.717) is 21.7 Å². The van der Waals surface area contributed by atoms with E-state index < -0.39 is 6.30 Å². The molecule has 0 bridgehead atoms. The Bertz CT molecular complexity index is 821. The van der Waals surface area contributed by atoms with Crippen molar-refractivity contribution in [2.75, 3.05) is 11.9 Å². The fourth-order valence-electron chi connectivity index (χ4n) is 2.26. The lowest BCUT2D eigenvalue weighted by Gasteiger charge is -2.22. The van der Waals surface area contributed by atoms with Crippen molar-refractivity contribution in [2.24, 2.45) is 0 Å². The lowest BCUT2D eigenvalue weighted by molar-refractivity contribution is -0.126. The number of alkyl halides is 3. The summed E-state index contributed by atoms with van der Waals surface area (Å²) < 4.78 is 42.9. The summed E-state index contributed by atoms with van der Waals surface area (Å²) in [5, 5.41) is 5.23. The quantitative estimate of drug-likeness (QED) is 0.586. The van der Waals surface area contributed by atoms with Crippen LogP contribution in [0.2, 0.25) is 0 Å².